The van der Waals surface area contributed by atoms with Crippen LogP contribution in [0.3, 0.4) is 0 Å². The van der Waals surface area contributed by atoms with Crippen LogP contribution in [0.15, 0.2) is 36.4 Å². The van der Waals surface area contributed by atoms with Crippen molar-refractivity contribution in [2.75, 3.05) is 41.1 Å². The highest BCUT2D eigenvalue weighted by molar-refractivity contribution is 5.87. The van der Waals surface area contributed by atoms with Crippen LogP contribution in [0.4, 0.5) is 0 Å². The average molecular weight is 487 g/mol. The number of nitrogens with one attached hydrogen (secondary N) is 2. The third kappa shape index (κ3) is 7.17. The Morgan fingerprint density at radius 2 is 1.74 bits per heavy atom. The van der Waals surface area contributed by atoms with E-state index >= 15 is 0 Å². The van der Waals surface area contributed by atoms with E-state index in [4.69, 9.17) is 18.9 Å². The summed E-state index contributed by atoms with van der Waals surface area (Å²) in [5, 5.41) is 15.4. The zero-order chi connectivity index (χ0) is 25.2. The van der Waals surface area contributed by atoms with E-state index in [0.717, 1.165) is 35.2 Å². The largest absolute Gasteiger partial charge is 0.496 e. The zero-order valence-electron chi connectivity index (χ0n) is 20.5. The summed E-state index contributed by atoms with van der Waals surface area (Å²) in [6.07, 6.45) is 1.81. The van der Waals surface area contributed by atoms with Gasteiger partial charge in [-0.2, -0.15) is 0 Å². The molecule has 2 atom stereocenters. The third-order valence-electron chi connectivity index (χ3n) is 5.94. The lowest BCUT2D eigenvalue weighted by molar-refractivity contribution is -0.142. The van der Waals surface area contributed by atoms with Gasteiger partial charge in [-0.15, -0.1) is 0 Å². The van der Waals surface area contributed by atoms with Crippen molar-refractivity contribution in [2.45, 2.75) is 38.0 Å². The number of hydrogen-bond donors (Lipinski definition) is 3. The molecule has 35 heavy (non-hydrogen) atoms. The molecule has 9 nitrogen and oxygen atoms in total. The van der Waals surface area contributed by atoms with Gasteiger partial charge in [0.2, 0.25) is 5.91 Å². The quantitative estimate of drug-likeness (QED) is 0.370. The smallest absolute Gasteiger partial charge is 0.326 e. The second-order valence-corrected chi connectivity index (χ2v) is 8.37. The minimum Gasteiger partial charge on any atom is -0.496 e. The van der Waals surface area contributed by atoms with Gasteiger partial charge in [0, 0.05) is 13.5 Å². The van der Waals surface area contributed by atoms with E-state index < -0.39 is 12.0 Å². The van der Waals surface area contributed by atoms with E-state index in [1.807, 2.05) is 36.4 Å². The molecule has 0 bridgehead atoms. The predicted octanol–water partition coefficient (Wildman–Crippen LogP) is 2.40. The van der Waals surface area contributed by atoms with Gasteiger partial charge in [-0.1, -0.05) is 24.3 Å². The van der Waals surface area contributed by atoms with Crippen LogP contribution >= 0.6 is 0 Å². The first kappa shape index (κ1) is 26.5. The van der Waals surface area contributed by atoms with Crippen molar-refractivity contribution in [3.8, 4) is 22.6 Å². The first-order chi connectivity index (χ1) is 17.0. The maximum Gasteiger partial charge on any atom is 0.326 e. The molecule has 0 aliphatic carbocycles. The Hall–Kier alpha value is -3.14. The summed E-state index contributed by atoms with van der Waals surface area (Å²) in [5.41, 5.74) is 3.35. The summed E-state index contributed by atoms with van der Waals surface area (Å²) in [5.74, 6) is -0.0521. The number of carboxylic acid groups (broad SMARTS) is 1. The fourth-order valence-corrected chi connectivity index (χ4v) is 4.09. The summed E-state index contributed by atoms with van der Waals surface area (Å²) < 4.78 is 21.9. The SMILES string of the molecule is COCCOCc1cc(OC)c(-c2ccc(CC(NC(=O)C3CCCN3)C(=O)O)cc2)c(OC)c1. The normalized spacial score (nSPS) is 16.0. The molecular formula is C26H34N2O7. The maximum absolute atomic E-state index is 12.4. The van der Waals surface area contributed by atoms with Crippen molar-refractivity contribution in [1.29, 1.82) is 0 Å². The predicted molar refractivity (Wildman–Crippen MR) is 131 cm³/mol. The van der Waals surface area contributed by atoms with E-state index in [1.165, 1.54) is 0 Å². The monoisotopic (exact) mass is 486 g/mol. The van der Waals surface area contributed by atoms with Crippen molar-refractivity contribution >= 4 is 11.9 Å². The van der Waals surface area contributed by atoms with Gasteiger partial charge in [-0.05, 0) is 48.2 Å². The molecule has 2 aromatic rings. The van der Waals surface area contributed by atoms with E-state index in [-0.39, 0.29) is 18.4 Å². The molecule has 1 aliphatic heterocycles. The van der Waals surface area contributed by atoms with E-state index in [0.29, 0.717) is 37.7 Å². The van der Waals surface area contributed by atoms with Crippen molar-refractivity contribution in [2.24, 2.45) is 0 Å². The molecule has 0 saturated carbocycles. The molecule has 1 amide bonds. The van der Waals surface area contributed by atoms with E-state index in [1.54, 1.807) is 21.3 Å². The molecule has 0 spiro atoms. The van der Waals surface area contributed by atoms with Crippen LogP contribution in [-0.2, 0) is 32.1 Å². The lowest BCUT2D eigenvalue weighted by atomic mass is 9.98. The van der Waals surface area contributed by atoms with Crippen LogP contribution in [0, 0.1) is 0 Å². The van der Waals surface area contributed by atoms with Gasteiger partial charge in [0.05, 0.1) is 45.6 Å². The molecule has 190 valence electrons. The van der Waals surface area contributed by atoms with Gasteiger partial charge >= 0.3 is 5.97 Å². The second kappa shape index (κ2) is 13.1. The Morgan fingerprint density at radius 1 is 1.06 bits per heavy atom. The summed E-state index contributed by atoms with van der Waals surface area (Å²) in [7, 11) is 4.82. The molecule has 0 aromatic heterocycles. The number of aliphatic carboxylic acids is 1. The lowest BCUT2D eigenvalue weighted by Crippen LogP contribution is -2.49. The van der Waals surface area contributed by atoms with Gasteiger partial charge < -0.3 is 34.7 Å². The molecule has 0 radical (unpaired) electrons. The first-order valence-electron chi connectivity index (χ1n) is 11.6. The first-order valence-corrected chi connectivity index (χ1v) is 11.6. The maximum atomic E-state index is 12.4. The Bertz CT molecular complexity index is 963. The number of carboxylic acids is 1. The highest BCUT2D eigenvalue weighted by atomic mass is 16.5. The second-order valence-electron chi connectivity index (χ2n) is 8.37. The van der Waals surface area contributed by atoms with E-state index in [2.05, 4.69) is 10.6 Å². The number of amides is 1. The van der Waals surface area contributed by atoms with Crippen molar-refractivity contribution in [3.63, 3.8) is 0 Å². The fraction of sp³-hybridized carbons (Fsp3) is 0.462. The molecule has 1 aliphatic rings. The number of rotatable bonds is 13. The molecule has 2 aromatic carbocycles. The highest BCUT2D eigenvalue weighted by Crippen LogP contribution is 2.40. The summed E-state index contributed by atoms with van der Waals surface area (Å²) in [6.45, 7) is 2.17. The standard InChI is InChI=1S/C26H34N2O7/c1-32-11-12-35-16-18-14-22(33-2)24(23(15-18)34-3)19-8-6-17(7-9-19)13-21(26(30)31)28-25(29)20-5-4-10-27-20/h6-9,14-15,20-21,27H,4-5,10-13,16H2,1-3H3,(H,28,29)(H,30,31). The average Bonchev–Trinajstić information content (AvgIpc) is 3.41. The molecule has 1 heterocycles. The van der Waals surface area contributed by atoms with Gasteiger partial charge in [0.1, 0.15) is 17.5 Å². The number of benzene rings is 2. The van der Waals surface area contributed by atoms with E-state index in [9.17, 15) is 14.7 Å². The zero-order valence-corrected chi connectivity index (χ0v) is 20.5. The Morgan fingerprint density at radius 3 is 2.29 bits per heavy atom. The summed E-state index contributed by atoms with van der Waals surface area (Å²) in [6, 6.07) is 9.98. The van der Waals surface area contributed by atoms with Crippen LogP contribution < -0.4 is 20.1 Å². The fourth-order valence-electron chi connectivity index (χ4n) is 4.09. The van der Waals surface area contributed by atoms with Crippen molar-refractivity contribution < 1.29 is 33.6 Å². The molecular weight excluding hydrogens is 452 g/mol. The number of hydrogen-bond acceptors (Lipinski definition) is 7. The van der Waals surface area contributed by atoms with Gasteiger partial charge in [0.25, 0.3) is 0 Å². The summed E-state index contributed by atoms with van der Waals surface area (Å²) in [4.78, 5) is 24.1. The Balaban J connectivity index is 1.75. The minimum atomic E-state index is -1.06. The Kier molecular flexibility index (Phi) is 9.89. The topological polar surface area (TPSA) is 115 Å². The molecule has 1 fully saturated rings. The van der Waals surface area contributed by atoms with Gasteiger partial charge in [0.15, 0.2) is 0 Å². The number of ether oxygens (including phenoxy) is 4. The van der Waals surface area contributed by atoms with Gasteiger partial charge in [-0.25, -0.2) is 4.79 Å². The number of carbonyl (C=O) groups is 2. The Labute approximate surface area is 205 Å². The lowest BCUT2D eigenvalue weighted by Gasteiger charge is -2.18. The van der Waals surface area contributed by atoms with Crippen LogP contribution in [0.2, 0.25) is 0 Å². The van der Waals surface area contributed by atoms with Crippen LogP contribution in [-0.4, -0.2) is 70.2 Å². The van der Waals surface area contributed by atoms with Crippen LogP contribution in [0.25, 0.3) is 11.1 Å². The molecule has 1 saturated heterocycles. The van der Waals surface area contributed by atoms with Crippen LogP contribution in [0.5, 0.6) is 11.5 Å². The summed E-state index contributed by atoms with van der Waals surface area (Å²) >= 11 is 0. The number of methoxy groups -OCH3 is 3. The van der Waals surface area contributed by atoms with Crippen LogP contribution in [0.1, 0.15) is 24.0 Å². The molecule has 3 rings (SSSR count). The minimum absolute atomic E-state index is 0.181. The molecule has 2 unspecified atom stereocenters. The van der Waals surface area contributed by atoms with Gasteiger partial charge in [-0.3, -0.25) is 4.79 Å². The number of carbonyl (C=O) groups excluding carboxylic acids is 1. The third-order valence-corrected chi connectivity index (χ3v) is 5.94. The molecule has 9 heteroatoms. The van der Waals surface area contributed by atoms with Crippen molar-refractivity contribution in [3.05, 3.63) is 47.5 Å². The highest BCUT2D eigenvalue weighted by Gasteiger charge is 2.27. The van der Waals surface area contributed by atoms with Crippen molar-refractivity contribution in [1.82, 2.24) is 10.6 Å². The molecule has 3 N–H and O–H groups in total.